The van der Waals surface area contributed by atoms with Crippen molar-refractivity contribution in [2.45, 2.75) is 44.8 Å². The number of rotatable bonds is 9. The van der Waals surface area contributed by atoms with Crippen LogP contribution in [0, 0.1) is 0 Å². The van der Waals surface area contributed by atoms with Gasteiger partial charge in [-0.2, -0.15) is 0 Å². The van der Waals surface area contributed by atoms with Gasteiger partial charge in [0.1, 0.15) is 19.4 Å². The Labute approximate surface area is 206 Å². The summed E-state index contributed by atoms with van der Waals surface area (Å²) in [5.74, 6) is -0.0311. The first-order valence-corrected chi connectivity index (χ1v) is 15.5. The first-order valence-electron chi connectivity index (χ1n) is 11.8. The van der Waals surface area contributed by atoms with Gasteiger partial charge in [0.25, 0.3) is 11.8 Å². The van der Waals surface area contributed by atoms with Crippen LogP contribution in [0.3, 0.4) is 0 Å². The van der Waals surface area contributed by atoms with Crippen LogP contribution in [0.25, 0.3) is 0 Å². The normalized spacial score (nSPS) is 17.8. The number of carbonyl (C=O) groups excluding carboxylic acids is 3. The Morgan fingerprint density at radius 3 is 2.46 bits per heavy atom. The Morgan fingerprint density at radius 2 is 1.77 bits per heavy atom. The maximum atomic E-state index is 13.6. The number of amides is 2. The SMILES string of the molecule is COc1cc2c(cc1OCc1ccccc1)N(COCC[Si](C)(C)C)C(=O)C1CC(=O)CN1C2=O. The summed E-state index contributed by atoms with van der Waals surface area (Å²) in [7, 11) is 0.182. The van der Waals surface area contributed by atoms with Gasteiger partial charge >= 0.3 is 0 Å². The standard InChI is InChI=1S/C26H32N2O6Si/c1-32-23-13-20-21(14-24(23)34-16-18-8-6-5-7-9-18)28(17-33-10-11-35(2,3)4)26(31)22-12-19(29)15-27(22)25(20)30/h5-9,13-14,22H,10-12,15-17H2,1-4H3. The van der Waals surface area contributed by atoms with Gasteiger partial charge in [0.05, 0.1) is 24.9 Å². The van der Waals surface area contributed by atoms with Crippen LogP contribution < -0.4 is 14.4 Å². The van der Waals surface area contributed by atoms with Crippen LogP contribution in [0.2, 0.25) is 25.7 Å². The third-order valence-electron chi connectivity index (χ3n) is 6.21. The maximum absolute atomic E-state index is 13.6. The minimum Gasteiger partial charge on any atom is -0.493 e. The maximum Gasteiger partial charge on any atom is 0.257 e. The van der Waals surface area contributed by atoms with Crippen LogP contribution in [0.4, 0.5) is 5.69 Å². The zero-order valence-electron chi connectivity index (χ0n) is 20.7. The number of methoxy groups -OCH3 is 1. The van der Waals surface area contributed by atoms with Gasteiger partial charge in [-0.15, -0.1) is 0 Å². The molecule has 2 aliphatic heterocycles. The molecule has 2 aliphatic rings. The smallest absolute Gasteiger partial charge is 0.257 e. The molecule has 2 heterocycles. The van der Waals surface area contributed by atoms with E-state index < -0.39 is 14.1 Å². The number of nitrogens with zero attached hydrogens (tertiary/aromatic N) is 2. The quantitative estimate of drug-likeness (QED) is 0.389. The van der Waals surface area contributed by atoms with Gasteiger partial charge in [-0.05, 0) is 17.7 Å². The van der Waals surface area contributed by atoms with E-state index in [1.54, 1.807) is 12.1 Å². The molecule has 0 bridgehead atoms. The second-order valence-electron chi connectivity index (χ2n) is 10.1. The fraction of sp³-hybridized carbons (Fsp3) is 0.423. The summed E-state index contributed by atoms with van der Waals surface area (Å²) < 4.78 is 17.5. The second kappa shape index (κ2) is 10.2. The van der Waals surface area contributed by atoms with Crippen molar-refractivity contribution in [3.63, 3.8) is 0 Å². The molecule has 0 spiro atoms. The molecule has 0 saturated carbocycles. The second-order valence-corrected chi connectivity index (χ2v) is 15.7. The van der Waals surface area contributed by atoms with Crippen LogP contribution in [-0.2, 0) is 20.9 Å². The number of fused-ring (bicyclic) bond motifs is 2. The summed E-state index contributed by atoms with van der Waals surface area (Å²) in [6.45, 7) is 7.50. The number of ketones is 1. The van der Waals surface area contributed by atoms with Crippen molar-refractivity contribution in [1.29, 1.82) is 0 Å². The number of hydrogen-bond donors (Lipinski definition) is 0. The lowest BCUT2D eigenvalue weighted by Crippen LogP contribution is -2.45. The first kappa shape index (κ1) is 24.9. The molecule has 1 saturated heterocycles. The van der Waals surface area contributed by atoms with Crippen LogP contribution in [0.5, 0.6) is 11.5 Å². The van der Waals surface area contributed by atoms with Gasteiger partial charge in [0.15, 0.2) is 17.3 Å². The molecule has 0 radical (unpaired) electrons. The molecule has 35 heavy (non-hydrogen) atoms. The Hall–Kier alpha value is -3.17. The van der Waals surface area contributed by atoms with E-state index in [2.05, 4.69) is 19.6 Å². The molecule has 1 unspecified atom stereocenters. The summed E-state index contributed by atoms with van der Waals surface area (Å²) in [6.07, 6.45) is 0.0124. The van der Waals surface area contributed by atoms with Crippen molar-refractivity contribution in [2.75, 3.05) is 31.9 Å². The van der Waals surface area contributed by atoms with Crippen LogP contribution in [-0.4, -0.2) is 63.6 Å². The lowest BCUT2D eigenvalue weighted by atomic mass is 10.1. The number of hydrogen-bond acceptors (Lipinski definition) is 6. The van der Waals surface area contributed by atoms with Gasteiger partial charge < -0.3 is 19.1 Å². The molecule has 2 aromatic carbocycles. The average molecular weight is 497 g/mol. The largest absolute Gasteiger partial charge is 0.493 e. The fourth-order valence-electron chi connectivity index (χ4n) is 4.20. The molecule has 0 aromatic heterocycles. The van der Waals surface area contributed by atoms with E-state index in [0.29, 0.717) is 30.4 Å². The number of anilines is 1. The molecule has 4 rings (SSSR count). The van der Waals surface area contributed by atoms with Gasteiger partial charge in [-0.3, -0.25) is 19.3 Å². The Balaban J connectivity index is 1.68. The number of Topliss-reactive ketones (excluding diaryl/α,β-unsaturated/α-hetero) is 1. The molecule has 1 fully saturated rings. The molecule has 9 heteroatoms. The van der Waals surface area contributed by atoms with Crippen molar-refractivity contribution >= 4 is 31.4 Å². The first-order chi connectivity index (χ1) is 16.7. The molecule has 186 valence electrons. The van der Waals surface area contributed by atoms with Crippen molar-refractivity contribution < 1.29 is 28.6 Å². The number of benzene rings is 2. The number of carbonyl (C=O) groups is 3. The minimum atomic E-state index is -1.32. The molecular weight excluding hydrogens is 464 g/mol. The van der Waals surface area contributed by atoms with Gasteiger partial charge in [0.2, 0.25) is 0 Å². The minimum absolute atomic E-state index is 0.00736. The van der Waals surface area contributed by atoms with Crippen molar-refractivity contribution in [3.8, 4) is 11.5 Å². The summed E-state index contributed by atoms with van der Waals surface area (Å²) in [5, 5.41) is 0. The van der Waals surface area contributed by atoms with E-state index in [1.807, 2.05) is 30.3 Å². The van der Waals surface area contributed by atoms with E-state index in [1.165, 1.54) is 16.9 Å². The summed E-state index contributed by atoms with van der Waals surface area (Å²) in [4.78, 5) is 42.0. The van der Waals surface area contributed by atoms with Gasteiger partial charge in [0, 0.05) is 27.2 Å². The number of ether oxygens (including phenoxy) is 3. The summed E-state index contributed by atoms with van der Waals surface area (Å²) >= 11 is 0. The van der Waals surface area contributed by atoms with E-state index >= 15 is 0 Å². The Bertz CT molecular complexity index is 1110. The zero-order chi connectivity index (χ0) is 25.2. The Morgan fingerprint density at radius 1 is 1.03 bits per heavy atom. The highest BCUT2D eigenvalue weighted by Gasteiger charge is 2.45. The molecule has 2 amide bonds. The van der Waals surface area contributed by atoms with E-state index in [4.69, 9.17) is 14.2 Å². The van der Waals surface area contributed by atoms with Crippen LogP contribution in [0.1, 0.15) is 22.3 Å². The fourth-order valence-corrected chi connectivity index (χ4v) is 4.95. The topological polar surface area (TPSA) is 85.4 Å². The van der Waals surface area contributed by atoms with Gasteiger partial charge in [-0.1, -0.05) is 50.0 Å². The molecule has 8 nitrogen and oxygen atoms in total. The lowest BCUT2D eigenvalue weighted by Gasteiger charge is -2.26. The van der Waals surface area contributed by atoms with Crippen molar-refractivity contribution in [3.05, 3.63) is 53.6 Å². The lowest BCUT2D eigenvalue weighted by molar-refractivity contribution is -0.124. The summed E-state index contributed by atoms with van der Waals surface area (Å²) in [6, 6.07) is 13.1. The predicted molar refractivity (Wildman–Crippen MR) is 135 cm³/mol. The van der Waals surface area contributed by atoms with Crippen LogP contribution >= 0.6 is 0 Å². The highest BCUT2D eigenvalue weighted by molar-refractivity contribution is 6.76. The third kappa shape index (κ3) is 5.57. The van der Waals surface area contributed by atoms with E-state index in [-0.39, 0.29) is 42.9 Å². The molecule has 1 atom stereocenters. The van der Waals surface area contributed by atoms with E-state index in [0.717, 1.165) is 11.6 Å². The van der Waals surface area contributed by atoms with E-state index in [9.17, 15) is 14.4 Å². The monoisotopic (exact) mass is 496 g/mol. The molecule has 0 N–H and O–H groups in total. The summed E-state index contributed by atoms with van der Waals surface area (Å²) in [5.41, 5.74) is 1.66. The highest BCUT2D eigenvalue weighted by atomic mass is 28.3. The predicted octanol–water partition coefficient (Wildman–Crippen LogP) is 3.72. The van der Waals surface area contributed by atoms with Crippen LogP contribution in [0.15, 0.2) is 42.5 Å². The van der Waals surface area contributed by atoms with Crippen molar-refractivity contribution in [1.82, 2.24) is 4.90 Å². The Kier molecular flexibility index (Phi) is 7.27. The van der Waals surface area contributed by atoms with Gasteiger partial charge in [-0.25, -0.2) is 0 Å². The molecular formula is C26H32N2O6Si. The molecule has 0 aliphatic carbocycles. The van der Waals surface area contributed by atoms with Crippen molar-refractivity contribution in [2.24, 2.45) is 0 Å². The average Bonchev–Trinajstić information content (AvgIpc) is 3.20. The third-order valence-corrected chi connectivity index (χ3v) is 7.92. The molecule has 2 aromatic rings. The highest BCUT2D eigenvalue weighted by Crippen LogP contribution is 2.40. The zero-order valence-corrected chi connectivity index (χ0v) is 21.7.